The van der Waals surface area contributed by atoms with Crippen molar-refractivity contribution >= 4 is 16.7 Å². The van der Waals surface area contributed by atoms with Crippen molar-refractivity contribution in [3.8, 4) is 0 Å². The Labute approximate surface area is 112 Å². The maximum atomic E-state index is 9.22. The van der Waals surface area contributed by atoms with Gasteiger partial charge in [0.1, 0.15) is 5.82 Å². The van der Waals surface area contributed by atoms with Crippen molar-refractivity contribution in [1.82, 2.24) is 4.98 Å². The molecule has 0 amide bonds. The van der Waals surface area contributed by atoms with Gasteiger partial charge in [0.15, 0.2) is 0 Å². The van der Waals surface area contributed by atoms with Crippen LogP contribution in [0.15, 0.2) is 30.3 Å². The summed E-state index contributed by atoms with van der Waals surface area (Å²) in [6.07, 6.45) is 2.37. The van der Waals surface area contributed by atoms with Crippen LogP contribution in [0.3, 0.4) is 0 Å². The molecule has 3 rings (SSSR count). The first-order chi connectivity index (χ1) is 9.33. The summed E-state index contributed by atoms with van der Waals surface area (Å²) < 4.78 is 0. The van der Waals surface area contributed by atoms with Gasteiger partial charge in [-0.3, -0.25) is 0 Å². The van der Waals surface area contributed by atoms with Gasteiger partial charge in [-0.1, -0.05) is 18.2 Å². The summed E-state index contributed by atoms with van der Waals surface area (Å²) in [6.45, 7) is 1.30. The third-order valence-corrected chi connectivity index (χ3v) is 3.63. The second-order valence-corrected chi connectivity index (χ2v) is 5.01. The Morgan fingerprint density at radius 3 is 2.79 bits per heavy atom. The number of pyridine rings is 1. The number of aliphatic hydroxyl groups excluding tert-OH is 1. The molecule has 0 unspecified atom stereocenters. The Balaban J connectivity index is 2.07. The van der Waals surface area contributed by atoms with Crippen LogP contribution in [-0.4, -0.2) is 29.3 Å². The van der Waals surface area contributed by atoms with Gasteiger partial charge >= 0.3 is 0 Å². The lowest BCUT2D eigenvalue weighted by atomic mass is 10.1. The van der Waals surface area contributed by atoms with Crippen molar-refractivity contribution in [2.45, 2.75) is 25.4 Å². The van der Waals surface area contributed by atoms with Crippen LogP contribution in [0.4, 0.5) is 5.82 Å². The minimum Gasteiger partial charge on any atom is -0.395 e. The number of rotatable bonds is 5. The van der Waals surface area contributed by atoms with E-state index in [0.717, 1.165) is 22.3 Å². The molecule has 1 aromatic carbocycles. The number of fused-ring (bicyclic) bond motifs is 1. The zero-order chi connectivity index (χ0) is 13.2. The second-order valence-electron chi connectivity index (χ2n) is 5.01. The summed E-state index contributed by atoms with van der Waals surface area (Å²) in [7, 11) is 0. The van der Waals surface area contributed by atoms with Gasteiger partial charge in [-0.05, 0) is 30.5 Å². The predicted octanol–water partition coefficient (Wildman–Crippen LogP) is 1.65. The van der Waals surface area contributed by atoms with Crippen LogP contribution in [0.2, 0.25) is 0 Å². The second kappa shape index (κ2) is 5.15. The van der Waals surface area contributed by atoms with Gasteiger partial charge in [0, 0.05) is 24.5 Å². The standard InChI is InChI=1S/C15H19N3O/c16-10-11-9-15(18(7-8-19)12-5-6-12)17-14-4-2-1-3-13(11)14/h1-4,9,12,19H,5-8,10,16H2. The predicted molar refractivity (Wildman–Crippen MR) is 77.1 cm³/mol. The molecular formula is C15H19N3O. The van der Waals surface area contributed by atoms with E-state index in [0.29, 0.717) is 19.1 Å². The Morgan fingerprint density at radius 2 is 2.11 bits per heavy atom. The number of nitrogens with two attached hydrogens (primary N) is 1. The summed E-state index contributed by atoms with van der Waals surface area (Å²) in [6, 6.07) is 10.7. The van der Waals surface area contributed by atoms with Crippen LogP contribution >= 0.6 is 0 Å². The van der Waals surface area contributed by atoms with Crippen molar-refractivity contribution in [2.24, 2.45) is 5.73 Å². The first-order valence-corrected chi connectivity index (χ1v) is 6.79. The lowest BCUT2D eigenvalue weighted by molar-refractivity contribution is 0.301. The summed E-state index contributed by atoms with van der Waals surface area (Å²) in [4.78, 5) is 6.92. The average Bonchev–Trinajstić information content (AvgIpc) is 3.28. The molecule has 0 saturated heterocycles. The van der Waals surface area contributed by atoms with E-state index in [1.54, 1.807) is 0 Å². The quantitative estimate of drug-likeness (QED) is 0.855. The van der Waals surface area contributed by atoms with Gasteiger partial charge in [0.2, 0.25) is 0 Å². The highest BCUT2D eigenvalue weighted by molar-refractivity contribution is 5.84. The van der Waals surface area contributed by atoms with Crippen molar-refractivity contribution in [1.29, 1.82) is 0 Å². The topological polar surface area (TPSA) is 62.4 Å². The van der Waals surface area contributed by atoms with Gasteiger partial charge in [-0.2, -0.15) is 0 Å². The van der Waals surface area contributed by atoms with Crippen LogP contribution in [-0.2, 0) is 6.54 Å². The summed E-state index contributed by atoms with van der Waals surface area (Å²) in [5, 5.41) is 10.3. The highest BCUT2D eigenvalue weighted by Gasteiger charge is 2.29. The lowest BCUT2D eigenvalue weighted by Gasteiger charge is -2.23. The maximum Gasteiger partial charge on any atom is 0.129 e. The number of hydrogen-bond acceptors (Lipinski definition) is 4. The Morgan fingerprint density at radius 1 is 1.32 bits per heavy atom. The van der Waals surface area contributed by atoms with Gasteiger partial charge in [-0.25, -0.2) is 4.98 Å². The van der Waals surface area contributed by atoms with Crippen molar-refractivity contribution < 1.29 is 5.11 Å². The van der Waals surface area contributed by atoms with Crippen molar-refractivity contribution in [3.05, 3.63) is 35.9 Å². The van der Waals surface area contributed by atoms with E-state index in [4.69, 9.17) is 10.7 Å². The molecule has 4 nitrogen and oxygen atoms in total. The van der Waals surface area contributed by atoms with E-state index >= 15 is 0 Å². The minimum atomic E-state index is 0.156. The van der Waals surface area contributed by atoms with Gasteiger partial charge in [-0.15, -0.1) is 0 Å². The molecule has 1 fully saturated rings. The SMILES string of the molecule is NCc1cc(N(CCO)C2CC2)nc2ccccc12. The third kappa shape index (κ3) is 2.41. The van der Waals surface area contributed by atoms with Crippen LogP contribution in [0, 0.1) is 0 Å². The zero-order valence-electron chi connectivity index (χ0n) is 10.9. The number of nitrogens with zero attached hydrogens (tertiary/aromatic N) is 2. The van der Waals surface area contributed by atoms with Crippen molar-refractivity contribution in [2.75, 3.05) is 18.1 Å². The monoisotopic (exact) mass is 257 g/mol. The third-order valence-electron chi connectivity index (χ3n) is 3.63. The van der Waals surface area contributed by atoms with E-state index < -0.39 is 0 Å². The van der Waals surface area contributed by atoms with Crippen LogP contribution < -0.4 is 10.6 Å². The zero-order valence-corrected chi connectivity index (χ0v) is 10.9. The molecular weight excluding hydrogens is 238 g/mol. The molecule has 1 aliphatic rings. The van der Waals surface area contributed by atoms with E-state index in [1.165, 1.54) is 12.8 Å². The number of aromatic nitrogens is 1. The molecule has 1 aromatic heterocycles. The van der Waals surface area contributed by atoms with E-state index in [9.17, 15) is 5.11 Å². The molecule has 0 spiro atoms. The molecule has 100 valence electrons. The fraction of sp³-hybridized carbons (Fsp3) is 0.400. The van der Waals surface area contributed by atoms with Crippen LogP contribution in [0.5, 0.6) is 0 Å². The Hall–Kier alpha value is -1.65. The van der Waals surface area contributed by atoms with Crippen LogP contribution in [0.1, 0.15) is 18.4 Å². The normalized spacial score (nSPS) is 14.8. The number of anilines is 1. The summed E-state index contributed by atoms with van der Waals surface area (Å²) in [5.41, 5.74) is 7.95. The smallest absolute Gasteiger partial charge is 0.129 e. The number of aliphatic hydroxyl groups is 1. The lowest BCUT2D eigenvalue weighted by Crippen LogP contribution is -2.29. The fourth-order valence-corrected chi connectivity index (χ4v) is 2.53. The molecule has 0 aliphatic heterocycles. The van der Waals surface area contributed by atoms with Gasteiger partial charge in [0.05, 0.1) is 12.1 Å². The van der Waals surface area contributed by atoms with E-state index in [2.05, 4.69) is 17.0 Å². The first kappa shape index (κ1) is 12.4. The summed E-state index contributed by atoms with van der Waals surface area (Å²) in [5.74, 6) is 0.940. The largest absolute Gasteiger partial charge is 0.395 e. The molecule has 4 heteroatoms. The molecule has 1 saturated carbocycles. The molecule has 19 heavy (non-hydrogen) atoms. The maximum absolute atomic E-state index is 9.22. The highest BCUT2D eigenvalue weighted by atomic mass is 16.3. The minimum absolute atomic E-state index is 0.156. The Kier molecular flexibility index (Phi) is 3.36. The van der Waals surface area contributed by atoms with Gasteiger partial charge in [0.25, 0.3) is 0 Å². The fourth-order valence-electron chi connectivity index (χ4n) is 2.53. The molecule has 0 atom stereocenters. The molecule has 0 radical (unpaired) electrons. The van der Waals surface area contributed by atoms with Crippen molar-refractivity contribution in [3.63, 3.8) is 0 Å². The first-order valence-electron chi connectivity index (χ1n) is 6.79. The molecule has 3 N–H and O–H groups in total. The molecule has 2 aromatic rings. The average molecular weight is 257 g/mol. The number of hydrogen-bond donors (Lipinski definition) is 2. The summed E-state index contributed by atoms with van der Waals surface area (Å²) >= 11 is 0. The van der Waals surface area contributed by atoms with Crippen LogP contribution in [0.25, 0.3) is 10.9 Å². The van der Waals surface area contributed by atoms with E-state index in [1.807, 2.05) is 18.2 Å². The number of benzene rings is 1. The van der Waals surface area contributed by atoms with Gasteiger partial charge < -0.3 is 15.7 Å². The highest BCUT2D eigenvalue weighted by Crippen LogP contribution is 2.32. The van der Waals surface area contributed by atoms with E-state index in [-0.39, 0.29) is 6.61 Å². The molecule has 1 aliphatic carbocycles. The Bertz CT molecular complexity index is 581. The molecule has 1 heterocycles. The number of para-hydroxylation sites is 1. The molecule has 0 bridgehead atoms.